The SMILES string of the molecule is COc1ccc(S[C@H]2O[C@@H]3COC(c4ccccc4)O[C@H]3[C@H](O)[C@@H]2N=[N+]=[N-])cc1. The monoisotopic (exact) mass is 415 g/mol. The molecule has 9 heteroatoms. The number of ether oxygens (including phenoxy) is 4. The molecule has 0 bridgehead atoms. The quantitative estimate of drug-likeness (QED) is 0.454. The molecule has 8 nitrogen and oxygen atoms in total. The average molecular weight is 415 g/mol. The van der Waals surface area contributed by atoms with Gasteiger partial charge in [0, 0.05) is 15.4 Å². The predicted molar refractivity (Wildman–Crippen MR) is 106 cm³/mol. The molecule has 6 atom stereocenters. The van der Waals surface area contributed by atoms with Crippen LogP contribution in [-0.2, 0) is 14.2 Å². The summed E-state index contributed by atoms with van der Waals surface area (Å²) in [6, 6.07) is 16.1. The Morgan fingerprint density at radius 2 is 1.90 bits per heavy atom. The van der Waals surface area contributed by atoms with E-state index in [-0.39, 0.29) is 6.61 Å². The van der Waals surface area contributed by atoms with Gasteiger partial charge in [0.2, 0.25) is 0 Å². The number of rotatable bonds is 5. The molecule has 0 aromatic heterocycles. The van der Waals surface area contributed by atoms with E-state index < -0.39 is 36.1 Å². The molecular weight excluding hydrogens is 394 g/mol. The molecule has 2 aromatic carbocycles. The molecule has 2 aliphatic heterocycles. The van der Waals surface area contributed by atoms with Crippen LogP contribution in [-0.4, -0.2) is 48.6 Å². The van der Waals surface area contributed by atoms with Crippen molar-refractivity contribution in [2.24, 2.45) is 5.11 Å². The highest BCUT2D eigenvalue weighted by molar-refractivity contribution is 7.99. The molecule has 0 aliphatic carbocycles. The van der Waals surface area contributed by atoms with E-state index in [4.69, 9.17) is 24.5 Å². The van der Waals surface area contributed by atoms with E-state index in [1.807, 2.05) is 54.6 Å². The molecule has 2 saturated heterocycles. The van der Waals surface area contributed by atoms with E-state index in [0.717, 1.165) is 16.2 Å². The molecule has 0 saturated carbocycles. The summed E-state index contributed by atoms with van der Waals surface area (Å²) in [6.07, 6.45) is -2.74. The number of thioether (sulfide) groups is 1. The zero-order valence-electron chi connectivity index (χ0n) is 15.7. The lowest BCUT2D eigenvalue weighted by atomic mass is 9.97. The Kier molecular flexibility index (Phi) is 6.25. The minimum atomic E-state index is -1.02. The summed E-state index contributed by atoms with van der Waals surface area (Å²) in [5.74, 6) is 0.742. The highest BCUT2D eigenvalue weighted by atomic mass is 32.2. The van der Waals surface area contributed by atoms with E-state index in [1.165, 1.54) is 11.8 Å². The fraction of sp³-hybridized carbons (Fsp3) is 0.400. The van der Waals surface area contributed by atoms with Gasteiger partial charge in [-0.2, -0.15) is 0 Å². The van der Waals surface area contributed by atoms with E-state index in [0.29, 0.717) is 0 Å². The minimum absolute atomic E-state index is 0.268. The number of azide groups is 1. The van der Waals surface area contributed by atoms with Gasteiger partial charge in [0.1, 0.15) is 29.4 Å². The Hall–Kier alpha value is -2.26. The van der Waals surface area contributed by atoms with Gasteiger partial charge >= 0.3 is 0 Å². The van der Waals surface area contributed by atoms with Crippen molar-refractivity contribution in [1.29, 1.82) is 0 Å². The maximum atomic E-state index is 10.9. The van der Waals surface area contributed by atoms with Crippen LogP contribution in [0.4, 0.5) is 0 Å². The number of aliphatic hydroxyl groups excluding tert-OH is 1. The first-order valence-corrected chi connectivity index (χ1v) is 10.1. The van der Waals surface area contributed by atoms with Gasteiger partial charge in [0.05, 0.1) is 19.8 Å². The van der Waals surface area contributed by atoms with Crippen LogP contribution in [0.2, 0.25) is 0 Å². The molecule has 1 unspecified atom stereocenters. The van der Waals surface area contributed by atoms with Crippen molar-refractivity contribution in [2.45, 2.75) is 41.0 Å². The molecule has 2 fully saturated rings. The van der Waals surface area contributed by atoms with Crippen LogP contribution in [0.1, 0.15) is 11.9 Å². The molecule has 0 radical (unpaired) electrons. The summed E-state index contributed by atoms with van der Waals surface area (Å²) in [7, 11) is 1.60. The van der Waals surface area contributed by atoms with Gasteiger partial charge in [0.15, 0.2) is 6.29 Å². The minimum Gasteiger partial charge on any atom is -0.497 e. The lowest BCUT2D eigenvalue weighted by Crippen LogP contribution is -2.60. The Balaban J connectivity index is 1.51. The van der Waals surface area contributed by atoms with Gasteiger partial charge in [-0.25, -0.2) is 0 Å². The Morgan fingerprint density at radius 3 is 2.59 bits per heavy atom. The Morgan fingerprint density at radius 1 is 1.14 bits per heavy atom. The predicted octanol–water partition coefficient (Wildman–Crippen LogP) is 3.67. The van der Waals surface area contributed by atoms with Gasteiger partial charge in [0.25, 0.3) is 0 Å². The summed E-state index contributed by atoms with van der Waals surface area (Å²) < 4.78 is 23.1. The summed E-state index contributed by atoms with van der Waals surface area (Å²) in [5, 5.41) is 14.7. The second-order valence-corrected chi connectivity index (χ2v) is 7.87. The standard InChI is InChI=1S/C20H21N3O5S/c1-25-13-7-9-14(10-8-13)29-20-16(22-23-21)17(24)18-15(27-20)11-26-19(28-18)12-5-3-2-4-6-12/h2-10,15-20,24H,11H2,1H3/t15-,16+,17-,18-,19?,20-/m1/s1. The number of aliphatic hydroxyl groups is 1. The fourth-order valence-electron chi connectivity index (χ4n) is 3.43. The molecule has 152 valence electrons. The zero-order chi connectivity index (χ0) is 20.2. The van der Waals surface area contributed by atoms with Crippen LogP contribution in [0, 0.1) is 0 Å². The third kappa shape index (κ3) is 4.35. The highest BCUT2D eigenvalue weighted by Crippen LogP contribution is 2.40. The molecule has 1 N–H and O–H groups in total. The number of methoxy groups -OCH3 is 1. The maximum Gasteiger partial charge on any atom is 0.184 e. The normalized spacial score (nSPS) is 31.4. The fourth-order valence-corrected chi connectivity index (χ4v) is 4.54. The van der Waals surface area contributed by atoms with Crippen LogP contribution in [0.3, 0.4) is 0 Å². The summed E-state index contributed by atoms with van der Waals surface area (Å²) >= 11 is 1.37. The van der Waals surface area contributed by atoms with Crippen LogP contribution in [0.25, 0.3) is 10.4 Å². The summed E-state index contributed by atoms with van der Waals surface area (Å²) in [5.41, 5.74) is 9.30. The first-order valence-electron chi connectivity index (χ1n) is 9.20. The van der Waals surface area contributed by atoms with Crippen molar-refractivity contribution >= 4 is 11.8 Å². The first-order chi connectivity index (χ1) is 14.2. The molecule has 2 aromatic rings. The van der Waals surface area contributed by atoms with E-state index in [1.54, 1.807) is 7.11 Å². The number of fused-ring (bicyclic) bond motifs is 1. The second kappa shape index (κ2) is 9.04. The maximum absolute atomic E-state index is 10.9. The molecule has 0 amide bonds. The van der Waals surface area contributed by atoms with E-state index in [2.05, 4.69) is 10.0 Å². The number of hydrogen-bond donors (Lipinski definition) is 1. The van der Waals surface area contributed by atoms with Crippen LogP contribution in [0.15, 0.2) is 64.6 Å². The molecule has 29 heavy (non-hydrogen) atoms. The number of benzene rings is 2. The Bertz CT molecular complexity index is 862. The smallest absolute Gasteiger partial charge is 0.184 e. The molecule has 4 rings (SSSR count). The van der Waals surface area contributed by atoms with Gasteiger partial charge in [-0.1, -0.05) is 47.2 Å². The lowest BCUT2D eigenvalue weighted by molar-refractivity contribution is -0.305. The van der Waals surface area contributed by atoms with Gasteiger partial charge in [-0.3, -0.25) is 0 Å². The number of nitrogens with zero attached hydrogens (tertiary/aromatic N) is 3. The topological polar surface area (TPSA) is 106 Å². The average Bonchev–Trinajstić information content (AvgIpc) is 2.77. The van der Waals surface area contributed by atoms with Crippen molar-refractivity contribution in [3.63, 3.8) is 0 Å². The van der Waals surface area contributed by atoms with Crippen molar-refractivity contribution in [3.05, 3.63) is 70.6 Å². The first kappa shape index (κ1) is 20.0. The van der Waals surface area contributed by atoms with Gasteiger partial charge in [-0.15, -0.1) is 0 Å². The van der Waals surface area contributed by atoms with Crippen LogP contribution in [0.5, 0.6) is 5.75 Å². The molecule has 2 heterocycles. The molecular formula is C20H21N3O5S. The molecule has 2 aliphatic rings. The van der Waals surface area contributed by atoms with Crippen LogP contribution < -0.4 is 4.74 Å². The van der Waals surface area contributed by atoms with Crippen molar-refractivity contribution in [3.8, 4) is 5.75 Å². The zero-order valence-corrected chi connectivity index (χ0v) is 16.5. The van der Waals surface area contributed by atoms with Crippen molar-refractivity contribution in [2.75, 3.05) is 13.7 Å². The molecule has 0 spiro atoms. The third-order valence-corrected chi connectivity index (χ3v) is 6.07. The van der Waals surface area contributed by atoms with Crippen LogP contribution >= 0.6 is 11.8 Å². The van der Waals surface area contributed by atoms with E-state index in [9.17, 15) is 5.11 Å². The van der Waals surface area contributed by atoms with Crippen molar-refractivity contribution in [1.82, 2.24) is 0 Å². The summed E-state index contributed by atoms with van der Waals surface area (Å²) in [6.45, 7) is 0.268. The van der Waals surface area contributed by atoms with Crippen molar-refractivity contribution < 1.29 is 24.1 Å². The van der Waals surface area contributed by atoms with Gasteiger partial charge in [-0.05, 0) is 29.8 Å². The Labute approximate surface area is 172 Å². The summed E-state index contributed by atoms with van der Waals surface area (Å²) in [4.78, 5) is 3.81. The lowest BCUT2D eigenvalue weighted by Gasteiger charge is -2.46. The third-order valence-electron chi connectivity index (χ3n) is 4.90. The highest BCUT2D eigenvalue weighted by Gasteiger charge is 2.49. The second-order valence-electron chi connectivity index (χ2n) is 6.70. The number of hydrogen-bond acceptors (Lipinski definition) is 7. The largest absolute Gasteiger partial charge is 0.497 e. The van der Waals surface area contributed by atoms with E-state index >= 15 is 0 Å². The van der Waals surface area contributed by atoms with Gasteiger partial charge < -0.3 is 24.1 Å².